The fourth-order valence-corrected chi connectivity index (χ4v) is 1.73. The van der Waals surface area contributed by atoms with Crippen molar-refractivity contribution < 1.29 is 4.79 Å². The molecule has 0 aliphatic carbocycles. The number of halogens is 1. The van der Waals surface area contributed by atoms with Gasteiger partial charge in [-0.15, -0.1) is 0 Å². The Hall–Kier alpha value is -0.970. The fraction of sp³-hybridized carbons (Fsp3) is 0.375. The van der Waals surface area contributed by atoms with E-state index in [-0.39, 0.29) is 10.7 Å². The zero-order valence-corrected chi connectivity index (χ0v) is 8.44. The molecule has 0 saturated carbocycles. The number of hydrogen-bond acceptors (Lipinski definition) is 3. The lowest BCUT2D eigenvalue weighted by molar-refractivity contribution is -0.116. The topological polar surface area (TPSA) is 46.1 Å². The van der Waals surface area contributed by atoms with Crippen LogP contribution in [0.3, 0.4) is 0 Å². The van der Waals surface area contributed by atoms with Gasteiger partial charge < -0.3 is 0 Å². The van der Waals surface area contributed by atoms with Gasteiger partial charge in [0.25, 0.3) is 0 Å². The van der Waals surface area contributed by atoms with Crippen molar-refractivity contribution in [2.75, 3.05) is 11.4 Å². The molecule has 1 amide bonds. The average molecular weight is 242 g/mol. The van der Waals surface area contributed by atoms with E-state index >= 15 is 0 Å². The van der Waals surface area contributed by atoms with Crippen molar-refractivity contribution in [2.45, 2.75) is 11.2 Å². The summed E-state index contributed by atoms with van der Waals surface area (Å²) in [6.45, 7) is 0.693. The second kappa shape index (κ2) is 3.41. The van der Waals surface area contributed by atoms with E-state index in [0.29, 0.717) is 12.5 Å². The minimum absolute atomic E-state index is 0.0474. The average Bonchev–Trinajstić information content (AvgIpc) is 2.49. The van der Waals surface area contributed by atoms with Crippen LogP contribution in [0.2, 0.25) is 0 Å². The Balaban J connectivity index is 2.24. The minimum Gasteiger partial charge on any atom is -0.280 e. The first kappa shape index (κ1) is 8.62. The molecule has 13 heavy (non-hydrogen) atoms. The Kier molecular flexibility index (Phi) is 2.26. The number of alkyl halides is 1. The van der Waals surface area contributed by atoms with Crippen LogP contribution in [0.4, 0.5) is 5.95 Å². The van der Waals surface area contributed by atoms with E-state index in [9.17, 15) is 4.79 Å². The quantitative estimate of drug-likeness (QED) is 0.689. The molecule has 4 nitrogen and oxygen atoms in total. The molecule has 0 unspecified atom stereocenters. The zero-order chi connectivity index (χ0) is 9.26. The lowest BCUT2D eigenvalue weighted by atomic mass is 10.4. The molecule has 0 bridgehead atoms. The molecule has 0 N–H and O–H groups in total. The first-order chi connectivity index (χ1) is 6.29. The highest BCUT2D eigenvalue weighted by Gasteiger charge is 2.31. The lowest BCUT2D eigenvalue weighted by Crippen LogP contribution is -2.28. The van der Waals surface area contributed by atoms with Crippen LogP contribution in [0, 0.1) is 0 Å². The summed E-state index contributed by atoms with van der Waals surface area (Å²) in [5, 5.41) is 0. The number of nitrogens with zero attached hydrogens (tertiary/aromatic N) is 3. The second-order valence-electron chi connectivity index (χ2n) is 2.79. The Morgan fingerprint density at radius 3 is 2.69 bits per heavy atom. The fourth-order valence-electron chi connectivity index (χ4n) is 1.27. The Morgan fingerprint density at radius 1 is 1.46 bits per heavy atom. The third-order valence-electron chi connectivity index (χ3n) is 1.93. The van der Waals surface area contributed by atoms with Gasteiger partial charge in [0.05, 0.1) is 4.83 Å². The molecule has 1 aromatic rings. The number of rotatable bonds is 1. The van der Waals surface area contributed by atoms with Crippen molar-refractivity contribution in [3.8, 4) is 0 Å². The van der Waals surface area contributed by atoms with Crippen LogP contribution >= 0.6 is 15.9 Å². The molecular formula is C8H8BrN3O. The molecule has 1 aliphatic heterocycles. The van der Waals surface area contributed by atoms with Crippen LogP contribution < -0.4 is 4.90 Å². The predicted molar refractivity (Wildman–Crippen MR) is 51.7 cm³/mol. The molecule has 0 radical (unpaired) electrons. The summed E-state index contributed by atoms with van der Waals surface area (Å²) >= 11 is 3.29. The molecular weight excluding hydrogens is 234 g/mol. The van der Waals surface area contributed by atoms with Crippen LogP contribution in [0.5, 0.6) is 0 Å². The van der Waals surface area contributed by atoms with Crippen molar-refractivity contribution in [2.24, 2.45) is 0 Å². The molecule has 1 saturated heterocycles. The monoisotopic (exact) mass is 241 g/mol. The van der Waals surface area contributed by atoms with Gasteiger partial charge in [-0.2, -0.15) is 0 Å². The predicted octanol–water partition coefficient (Wildman–Crippen LogP) is 0.977. The van der Waals surface area contributed by atoms with Crippen molar-refractivity contribution in [3.05, 3.63) is 18.5 Å². The van der Waals surface area contributed by atoms with E-state index in [4.69, 9.17) is 0 Å². The van der Waals surface area contributed by atoms with Crippen molar-refractivity contribution >= 4 is 27.8 Å². The van der Waals surface area contributed by atoms with Gasteiger partial charge in [0.2, 0.25) is 11.9 Å². The number of carbonyl (C=O) groups is 1. The summed E-state index contributed by atoms with van der Waals surface area (Å²) in [4.78, 5) is 21.1. The highest BCUT2D eigenvalue weighted by molar-refractivity contribution is 9.10. The molecule has 2 rings (SSSR count). The number of hydrogen-bond donors (Lipinski definition) is 0. The van der Waals surface area contributed by atoms with E-state index in [2.05, 4.69) is 25.9 Å². The van der Waals surface area contributed by atoms with Gasteiger partial charge in [-0.1, -0.05) is 15.9 Å². The van der Waals surface area contributed by atoms with E-state index in [0.717, 1.165) is 6.42 Å². The normalized spacial score (nSPS) is 22.4. The summed E-state index contributed by atoms with van der Waals surface area (Å²) in [6, 6.07) is 1.73. The Morgan fingerprint density at radius 2 is 2.15 bits per heavy atom. The number of anilines is 1. The minimum atomic E-state index is -0.0729. The van der Waals surface area contributed by atoms with Crippen molar-refractivity contribution in [1.29, 1.82) is 0 Å². The number of carbonyl (C=O) groups excluding carboxylic acids is 1. The smallest absolute Gasteiger partial charge is 0.243 e. The van der Waals surface area contributed by atoms with Gasteiger partial charge in [-0.3, -0.25) is 9.69 Å². The highest BCUT2D eigenvalue weighted by Crippen LogP contribution is 2.21. The molecule has 2 heterocycles. The first-order valence-corrected chi connectivity index (χ1v) is 4.93. The molecule has 0 aromatic carbocycles. The third-order valence-corrected chi connectivity index (χ3v) is 2.78. The third kappa shape index (κ3) is 1.56. The van der Waals surface area contributed by atoms with Crippen LogP contribution in [0.25, 0.3) is 0 Å². The van der Waals surface area contributed by atoms with E-state index in [1.165, 1.54) is 0 Å². The van der Waals surface area contributed by atoms with Crippen LogP contribution in [0.15, 0.2) is 18.5 Å². The zero-order valence-electron chi connectivity index (χ0n) is 6.85. The molecule has 1 fully saturated rings. The molecule has 1 atom stereocenters. The van der Waals surface area contributed by atoms with Gasteiger partial charge >= 0.3 is 0 Å². The summed E-state index contributed by atoms with van der Waals surface area (Å²) in [7, 11) is 0. The largest absolute Gasteiger partial charge is 0.280 e. The van der Waals surface area contributed by atoms with Gasteiger partial charge in [0, 0.05) is 18.9 Å². The molecule has 5 heteroatoms. The SMILES string of the molecule is O=C1[C@@H](Br)CCN1c1ncccn1. The maximum atomic E-state index is 11.5. The van der Waals surface area contributed by atoms with Gasteiger partial charge in [0.1, 0.15) is 0 Å². The van der Waals surface area contributed by atoms with Crippen LogP contribution in [-0.2, 0) is 4.79 Å². The molecule has 68 valence electrons. The number of amides is 1. The van der Waals surface area contributed by atoms with E-state index in [1.54, 1.807) is 23.4 Å². The van der Waals surface area contributed by atoms with Crippen LogP contribution in [-0.4, -0.2) is 27.2 Å². The van der Waals surface area contributed by atoms with Gasteiger partial charge in [-0.05, 0) is 12.5 Å². The molecule has 0 spiro atoms. The standard InChI is InChI=1S/C8H8BrN3O/c9-6-2-5-12(7(6)13)8-10-3-1-4-11-8/h1,3-4,6H,2,5H2/t6-/m0/s1. The first-order valence-electron chi connectivity index (χ1n) is 4.01. The second-order valence-corrected chi connectivity index (χ2v) is 3.90. The molecule has 1 aliphatic rings. The summed E-state index contributed by atoms with van der Waals surface area (Å²) in [6.07, 6.45) is 4.09. The maximum absolute atomic E-state index is 11.5. The van der Waals surface area contributed by atoms with Crippen molar-refractivity contribution in [3.63, 3.8) is 0 Å². The highest BCUT2D eigenvalue weighted by atomic mass is 79.9. The van der Waals surface area contributed by atoms with E-state index in [1.807, 2.05) is 0 Å². The number of aromatic nitrogens is 2. The van der Waals surface area contributed by atoms with E-state index < -0.39 is 0 Å². The summed E-state index contributed by atoms with van der Waals surface area (Å²) in [5.74, 6) is 0.542. The van der Waals surface area contributed by atoms with Crippen LogP contribution in [0.1, 0.15) is 6.42 Å². The Bertz CT molecular complexity index is 316. The molecule has 1 aromatic heterocycles. The van der Waals surface area contributed by atoms with Gasteiger partial charge in [0.15, 0.2) is 0 Å². The van der Waals surface area contributed by atoms with Crippen molar-refractivity contribution in [1.82, 2.24) is 9.97 Å². The summed E-state index contributed by atoms with van der Waals surface area (Å²) < 4.78 is 0. The lowest BCUT2D eigenvalue weighted by Gasteiger charge is -2.11. The van der Waals surface area contributed by atoms with Gasteiger partial charge in [-0.25, -0.2) is 9.97 Å². The summed E-state index contributed by atoms with van der Waals surface area (Å²) in [5.41, 5.74) is 0. The Labute approximate surface area is 84.1 Å². The maximum Gasteiger partial charge on any atom is 0.243 e.